The van der Waals surface area contributed by atoms with Gasteiger partial charge in [0.25, 0.3) is 0 Å². The number of piperidine rings is 1. The van der Waals surface area contributed by atoms with E-state index < -0.39 is 11.6 Å². The average molecular weight is 239 g/mol. The van der Waals surface area contributed by atoms with Crippen LogP contribution < -0.4 is 4.90 Å². The second-order valence-electron chi connectivity index (χ2n) is 5.17. The van der Waals surface area contributed by atoms with E-state index in [0.717, 1.165) is 19.5 Å². The minimum absolute atomic E-state index is 0.412. The lowest BCUT2D eigenvalue weighted by atomic mass is 9.87. The van der Waals surface area contributed by atoms with Gasteiger partial charge in [0.1, 0.15) is 0 Å². The number of rotatable bonds is 2. The second kappa shape index (κ2) is 5.03. The van der Waals surface area contributed by atoms with Crippen LogP contribution in [0.1, 0.15) is 26.7 Å². The van der Waals surface area contributed by atoms with Gasteiger partial charge in [-0.2, -0.15) is 0 Å². The predicted octanol–water partition coefficient (Wildman–Crippen LogP) is 3.84. The van der Waals surface area contributed by atoms with Crippen molar-refractivity contribution >= 4 is 5.69 Å². The quantitative estimate of drug-likeness (QED) is 0.758. The van der Waals surface area contributed by atoms with E-state index in [2.05, 4.69) is 13.8 Å². The van der Waals surface area contributed by atoms with Crippen molar-refractivity contribution in [3.05, 3.63) is 29.8 Å². The van der Waals surface area contributed by atoms with Crippen LogP contribution in [0.15, 0.2) is 18.2 Å². The van der Waals surface area contributed by atoms with Crippen molar-refractivity contribution in [3.8, 4) is 0 Å². The molecule has 0 radical (unpaired) electrons. The molecule has 1 unspecified atom stereocenters. The molecular formula is C14H19F2N. The van der Waals surface area contributed by atoms with Crippen LogP contribution in [0.3, 0.4) is 0 Å². The Morgan fingerprint density at radius 1 is 1.29 bits per heavy atom. The van der Waals surface area contributed by atoms with Crippen molar-refractivity contribution in [3.63, 3.8) is 0 Å². The second-order valence-corrected chi connectivity index (χ2v) is 5.17. The van der Waals surface area contributed by atoms with E-state index in [0.29, 0.717) is 17.5 Å². The fourth-order valence-electron chi connectivity index (χ4n) is 2.51. The number of nitrogens with zero attached hydrogens (tertiary/aromatic N) is 1. The summed E-state index contributed by atoms with van der Waals surface area (Å²) < 4.78 is 26.9. The van der Waals surface area contributed by atoms with Crippen LogP contribution in [0.2, 0.25) is 0 Å². The van der Waals surface area contributed by atoms with Crippen molar-refractivity contribution in [1.82, 2.24) is 0 Å². The molecule has 1 atom stereocenters. The van der Waals surface area contributed by atoms with Crippen molar-refractivity contribution < 1.29 is 8.78 Å². The van der Waals surface area contributed by atoms with Crippen LogP contribution in [0.4, 0.5) is 14.5 Å². The molecule has 2 rings (SSSR count). The highest BCUT2D eigenvalue weighted by Gasteiger charge is 2.24. The molecule has 1 aromatic rings. The molecule has 0 aromatic heterocycles. The van der Waals surface area contributed by atoms with E-state index in [1.165, 1.54) is 12.5 Å². The maximum Gasteiger partial charge on any atom is 0.182 e. The van der Waals surface area contributed by atoms with Crippen LogP contribution >= 0.6 is 0 Å². The first-order chi connectivity index (χ1) is 8.09. The predicted molar refractivity (Wildman–Crippen MR) is 66.1 cm³/mol. The molecule has 0 aliphatic carbocycles. The van der Waals surface area contributed by atoms with Crippen LogP contribution in [0.25, 0.3) is 0 Å². The number of anilines is 1. The lowest BCUT2D eigenvalue weighted by Gasteiger charge is -2.36. The third-order valence-corrected chi connectivity index (χ3v) is 3.67. The van der Waals surface area contributed by atoms with E-state index in [1.54, 1.807) is 12.1 Å². The summed E-state index contributed by atoms with van der Waals surface area (Å²) in [5, 5.41) is 0. The first-order valence-electron chi connectivity index (χ1n) is 6.28. The Morgan fingerprint density at radius 3 is 2.76 bits per heavy atom. The van der Waals surface area contributed by atoms with E-state index in [4.69, 9.17) is 0 Å². The minimum atomic E-state index is -0.755. The third-order valence-electron chi connectivity index (χ3n) is 3.67. The lowest BCUT2D eigenvalue weighted by molar-refractivity contribution is 0.320. The molecule has 1 fully saturated rings. The Kier molecular flexibility index (Phi) is 3.65. The molecule has 0 N–H and O–H groups in total. The van der Waals surface area contributed by atoms with E-state index in [-0.39, 0.29) is 0 Å². The Hall–Kier alpha value is -1.12. The van der Waals surface area contributed by atoms with Gasteiger partial charge in [0.15, 0.2) is 11.6 Å². The summed E-state index contributed by atoms with van der Waals surface area (Å²) in [4.78, 5) is 1.98. The first kappa shape index (κ1) is 12.3. The molecule has 1 nitrogen and oxygen atoms in total. The molecular weight excluding hydrogens is 220 g/mol. The summed E-state index contributed by atoms with van der Waals surface area (Å²) >= 11 is 0. The van der Waals surface area contributed by atoms with Gasteiger partial charge < -0.3 is 4.90 Å². The number of hydrogen-bond acceptors (Lipinski definition) is 1. The number of halogens is 2. The molecule has 1 saturated heterocycles. The van der Waals surface area contributed by atoms with Gasteiger partial charge in [0, 0.05) is 13.1 Å². The Labute approximate surface area is 101 Å². The summed E-state index contributed by atoms with van der Waals surface area (Å²) in [7, 11) is 0. The summed E-state index contributed by atoms with van der Waals surface area (Å²) in [5.74, 6) is -0.299. The SMILES string of the molecule is CC(C)C1CCCN(c2cccc(F)c2F)C1. The van der Waals surface area contributed by atoms with Crippen LogP contribution in [-0.2, 0) is 0 Å². The molecule has 1 aliphatic rings. The molecule has 1 heterocycles. The van der Waals surface area contributed by atoms with Crippen LogP contribution in [0.5, 0.6) is 0 Å². The molecule has 94 valence electrons. The molecule has 1 aromatic carbocycles. The van der Waals surface area contributed by atoms with Gasteiger partial charge >= 0.3 is 0 Å². The molecule has 17 heavy (non-hydrogen) atoms. The van der Waals surface area contributed by atoms with Crippen LogP contribution in [-0.4, -0.2) is 13.1 Å². The maximum absolute atomic E-state index is 13.7. The average Bonchev–Trinajstić information content (AvgIpc) is 2.33. The third kappa shape index (κ3) is 2.59. The molecule has 0 amide bonds. The largest absolute Gasteiger partial charge is 0.369 e. The summed E-state index contributed by atoms with van der Waals surface area (Å²) in [6, 6.07) is 4.41. The molecule has 3 heteroatoms. The Morgan fingerprint density at radius 2 is 2.06 bits per heavy atom. The zero-order valence-corrected chi connectivity index (χ0v) is 10.4. The topological polar surface area (TPSA) is 3.24 Å². The Bertz CT molecular complexity index is 390. The van der Waals surface area contributed by atoms with E-state index >= 15 is 0 Å². The van der Waals surface area contributed by atoms with E-state index in [9.17, 15) is 8.78 Å². The highest BCUT2D eigenvalue weighted by atomic mass is 19.2. The molecule has 0 saturated carbocycles. The molecule has 1 aliphatic heterocycles. The van der Waals surface area contributed by atoms with Crippen molar-refractivity contribution in [2.24, 2.45) is 11.8 Å². The highest BCUT2D eigenvalue weighted by Crippen LogP contribution is 2.29. The van der Waals surface area contributed by atoms with Crippen LogP contribution in [0, 0.1) is 23.5 Å². The van der Waals surface area contributed by atoms with E-state index in [1.807, 2.05) is 4.90 Å². The van der Waals surface area contributed by atoms with Gasteiger partial charge in [-0.05, 0) is 36.8 Å². The lowest BCUT2D eigenvalue weighted by Crippen LogP contribution is -2.38. The van der Waals surface area contributed by atoms with Gasteiger partial charge in [0.05, 0.1) is 5.69 Å². The minimum Gasteiger partial charge on any atom is -0.369 e. The molecule has 0 spiro atoms. The Balaban J connectivity index is 2.19. The smallest absolute Gasteiger partial charge is 0.182 e. The van der Waals surface area contributed by atoms with Gasteiger partial charge in [0.2, 0.25) is 0 Å². The van der Waals surface area contributed by atoms with Crippen molar-refractivity contribution in [2.45, 2.75) is 26.7 Å². The zero-order chi connectivity index (χ0) is 12.4. The summed E-state index contributed by atoms with van der Waals surface area (Å²) in [5.41, 5.74) is 0.412. The summed E-state index contributed by atoms with van der Waals surface area (Å²) in [6.07, 6.45) is 2.24. The highest BCUT2D eigenvalue weighted by molar-refractivity contribution is 5.48. The number of hydrogen-bond donors (Lipinski definition) is 0. The van der Waals surface area contributed by atoms with Crippen molar-refractivity contribution in [1.29, 1.82) is 0 Å². The van der Waals surface area contributed by atoms with Crippen molar-refractivity contribution in [2.75, 3.05) is 18.0 Å². The maximum atomic E-state index is 13.7. The van der Waals surface area contributed by atoms with Gasteiger partial charge in [-0.15, -0.1) is 0 Å². The summed E-state index contributed by atoms with van der Waals surface area (Å²) in [6.45, 7) is 6.04. The zero-order valence-electron chi connectivity index (χ0n) is 10.4. The van der Waals surface area contributed by atoms with Gasteiger partial charge in [-0.1, -0.05) is 19.9 Å². The normalized spacial score (nSPS) is 21.0. The standard InChI is InChI=1S/C14H19F2N/c1-10(2)11-5-4-8-17(9-11)13-7-3-6-12(15)14(13)16/h3,6-7,10-11H,4-5,8-9H2,1-2H3. The monoisotopic (exact) mass is 239 g/mol. The first-order valence-corrected chi connectivity index (χ1v) is 6.28. The fraction of sp³-hybridized carbons (Fsp3) is 0.571. The molecule has 0 bridgehead atoms. The number of benzene rings is 1. The van der Waals surface area contributed by atoms with Gasteiger partial charge in [-0.3, -0.25) is 0 Å². The fourth-order valence-corrected chi connectivity index (χ4v) is 2.51. The van der Waals surface area contributed by atoms with Gasteiger partial charge in [-0.25, -0.2) is 8.78 Å².